The van der Waals surface area contributed by atoms with Crippen molar-refractivity contribution >= 4 is 17.7 Å². The molecule has 0 amide bonds. The van der Waals surface area contributed by atoms with Crippen molar-refractivity contribution in [3.63, 3.8) is 0 Å². The normalized spacial score (nSPS) is 13.1. The van der Waals surface area contributed by atoms with Crippen LogP contribution in [0.2, 0.25) is 0 Å². The predicted octanol–water partition coefficient (Wildman–Crippen LogP) is 5.94. The molecule has 0 aliphatic heterocycles. The monoisotopic (exact) mass is 546 g/mol. The van der Waals surface area contributed by atoms with Crippen LogP contribution in [0.25, 0.3) is 0 Å². The van der Waals surface area contributed by atoms with Crippen LogP contribution >= 0.6 is 0 Å². The van der Waals surface area contributed by atoms with Gasteiger partial charge in [-0.3, -0.25) is 9.59 Å². The number of ketones is 1. The lowest BCUT2D eigenvalue weighted by Crippen LogP contribution is -2.11. The second kappa shape index (κ2) is 13.2. The molecule has 210 valence electrons. The van der Waals surface area contributed by atoms with E-state index in [9.17, 15) is 19.5 Å². The van der Waals surface area contributed by atoms with Gasteiger partial charge < -0.3 is 24.1 Å². The Morgan fingerprint density at radius 3 is 2.33 bits per heavy atom. The number of hydrogen-bond donors (Lipinski definition) is 1. The van der Waals surface area contributed by atoms with Crippen molar-refractivity contribution < 1.29 is 38.4 Å². The Morgan fingerprint density at radius 2 is 1.65 bits per heavy atom. The van der Waals surface area contributed by atoms with E-state index in [2.05, 4.69) is 0 Å². The molecule has 1 aliphatic carbocycles. The van der Waals surface area contributed by atoms with Gasteiger partial charge in [0.15, 0.2) is 5.78 Å². The number of carboxylic acids is 1. The minimum absolute atomic E-state index is 0.118. The van der Waals surface area contributed by atoms with Crippen LogP contribution in [0.5, 0.6) is 17.2 Å². The van der Waals surface area contributed by atoms with E-state index in [-0.39, 0.29) is 36.4 Å². The van der Waals surface area contributed by atoms with Crippen LogP contribution in [-0.4, -0.2) is 43.2 Å². The van der Waals surface area contributed by atoms with E-state index in [0.29, 0.717) is 45.9 Å². The quantitative estimate of drug-likeness (QED) is 0.220. The van der Waals surface area contributed by atoms with Gasteiger partial charge in [-0.15, -0.1) is 0 Å². The van der Waals surface area contributed by atoms with Gasteiger partial charge in [-0.2, -0.15) is 0 Å². The average molecular weight is 547 g/mol. The first kappa shape index (κ1) is 28.7. The van der Waals surface area contributed by atoms with Crippen LogP contribution in [-0.2, 0) is 22.6 Å². The Bertz CT molecular complexity index is 1390. The minimum atomic E-state index is -0.983. The molecule has 8 nitrogen and oxygen atoms in total. The highest BCUT2D eigenvalue weighted by Gasteiger charge is 2.21. The third-order valence-corrected chi connectivity index (χ3v) is 7.09. The lowest BCUT2D eigenvalue weighted by molar-refractivity contribution is -0.140. The van der Waals surface area contributed by atoms with Crippen LogP contribution in [0.15, 0.2) is 54.6 Å². The number of methoxy groups -OCH3 is 2. The molecule has 40 heavy (non-hydrogen) atoms. The van der Waals surface area contributed by atoms with Crippen LogP contribution in [0, 0.1) is 6.92 Å². The van der Waals surface area contributed by atoms with Crippen LogP contribution in [0.4, 0.5) is 0 Å². The third-order valence-electron chi connectivity index (χ3n) is 7.09. The van der Waals surface area contributed by atoms with E-state index >= 15 is 0 Å². The van der Waals surface area contributed by atoms with Crippen LogP contribution in [0.1, 0.15) is 75.1 Å². The first-order valence-electron chi connectivity index (χ1n) is 13.3. The molecule has 4 rings (SSSR count). The largest absolute Gasteiger partial charge is 0.496 e. The second-order valence-electron chi connectivity index (χ2n) is 9.86. The summed E-state index contributed by atoms with van der Waals surface area (Å²) in [4.78, 5) is 36.7. The molecule has 0 unspecified atom stereocenters. The number of carbonyl (C=O) groups excluding carboxylic acids is 2. The SMILES string of the molecule is COC(=O)CCc1cc(C(=O)c2ccc(OC3CCCC3)cc2OC)ccc1OCc1ccc(C(=O)O)c(C)c1. The highest BCUT2D eigenvalue weighted by Crippen LogP contribution is 2.31. The second-order valence-corrected chi connectivity index (χ2v) is 9.86. The summed E-state index contributed by atoms with van der Waals surface area (Å²) in [6.45, 7) is 1.92. The molecule has 0 atom stereocenters. The highest BCUT2D eigenvalue weighted by atomic mass is 16.5. The Morgan fingerprint density at radius 1 is 0.900 bits per heavy atom. The van der Waals surface area contributed by atoms with Gasteiger partial charge in [-0.05, 0) is 92.1 Å². The molecule has 0 heterocycles. The summed E-state index contributed by atoms with van der Waals surface area (Å²) in [5, 5.41) is 9.27. The molecule has 1 fully saturated rings. The summed E-state index contributed by atoms with van der Waals surface area (Å²) in [6, 6.07) is 15.4. The number of hydrogen-bond acceptors (Lipinski definition) is 7. The van der Waals surface area contributed by atoms with Gasteiger partial charge in [-0.1, -0.05) is 12.1 Å². The number of carboxylic acid groups (broad SMARTS) is 1. The Balaban J connectivity index is 1.56. The lowest BCUT2D eigenvalue weighted by atomic mass is 9.98. The highest BCUT2D eigenvalue weighted by molar-refractivity contribution is 6.11. The Hall–Kier alpha value is -4.33. The number of rotatable bonds is 12. The van der Waals surface area contributed by atoms with Gasteiger partial charge >= 0.3 is 11.9 Å². The summed E-state index contributed by atoms with van der Waals surface area (Å²) in [7, 11) is 2.85. The van der Waals surface area contributed by atoms with E-state index in [1.165, 1.54) is 14.2 Å². The lowest BCUT2D eigenvalue weighted by Gasteiger charge is -2.16. The zero-order chi connectivity index (χ0) is 28.6. The number of ether oxygens (including phenoxy) is 4. The van der Waals surface area contributed by atoms with Crippen molar-refractivity contribution in [1.82, 2.24) is 0 Å². The van der Waals surface area contributed by atoms with Crippen molar-refractivity contribution in [2.24, 2.45) is 0 Å². The molecule has 1 N–H and O–H groups in total. The molecule has 3 aromatic rings. The van der Waals surface area contributed by atoms with Crippen molar-refractivity contribution in [3.8, 4) is 17.2 Å². The molecule has 0 radical (unpaired) electrons. The molecular weight excluding hydrogens is 512 g/mol. The molecule has 3 aromatic carbocycles. The van der Waals surface area contributed by atoms with Crippen LogP contribution in [0.3, 0.4) is 0 Å². The number of carbonyl (C=O) groups is 3. The Kier molecular flexibility index (Phi) is 9.43. The fraction of sp³-hybridized carbons (Fsp3) is 0.344. The smallest absolute Gasteiger partial charge is 0.335 e. The van der Waals surface area contributed by atoms with E-state index in [1.807, 2.05) is 0 Å². The summed E-state index contributed by atoms with van der Waals surface area (Å²) in [5.41, 5.74) is 3.17. The molecule has 0 spiro atoms. The number of esters is 1. The summed E-state index contributed by atoms with van der Waals surface area (Å²) in [5.74, 6) is 0.0410. The van der Waals surface area contributed by atoms with Gasteiger partial charge in [0.05, 0.1) is 31.5 Å². The minimum Gasteiger partial charge on any atom is -0.496 e. The zero-order valence-corrected chi connectivity index (χ0v) is 23.0. The fourth-order valence-electron chi connectivity index (χ4n) is 4.90. The maximum atomic E-state index is 13.5. The van der Waals surface area contributed by atoms with Crippen molar-refractivity contribution in [1.29, 1.82) is 0 Å². The van der Waals surface area contributed by atoms with Crippen molar-refractivity contribution in [2.75, 3.05) is 14.2 Å². The molecule has 0 aromatic heterocycles. The van der Waals surface area contributed by atoms with Gasteiger partial charge in [0, 0.05) is 18.1 Å². The average Bonchev–Trinajstić information content (AvgIpc) is 3.47. The first-order valence-corrected chi connectivity index (χ1v) is 13.3. The number of benzene rings is 3. The van der Waals surface area contributed by atoms with E-state index < -0.39 is 5.97 Å². The van der Waals surface area contributed by atoms with Crippen LogP contribution < -0.4 is 14.2 Å². The maximum absolute atomic E-state index is 13.5. The van der Waals surface area contributed by atoms with Crippen molar-refractivity contribution in [2.45, 2.75) is 58.2 Å². The van der Waals surface area contributed by atoms with E-state index in [4.69, 9.17) is 18.9 Å². The summed E-state index contributed by atoms with van der Waals surface area (Å²) < 4.78 is 22.5. The maximum Gasteiger partial charge on any atom is 0.335 e. The fourth-order valence-corrected chi connectivity index (χ4v) is 4.90. The zero-order valence-electron chi connectivity index (χ0n) is 23.0. The molecular formula is C32H34O8. The number of aryl methyl sites for hydroxylation is 2. The molecule has 1 saturated carbocycles. The van der Waals surface area contributed by atoms with Gasteiger partial charge in [0.1, 0.15) is 23.9 Å². The standard InChI is InChI=1S/C32H34O8/c1-20-16-21(8-12-26(20)32(35)36)19-39-28-14-9-23(17-22(28)10-15-30(33)38-3)31(34)27-13-11-25(18-29(27)37-2)40-24-6-4-5-7-24/h8-9,11-14,16-18,24H,4-7,10,15,19H2,1-3H3,(H,35,36). The summed E-state index contributed by atoms with van der Waals surface area (Å²) >= 11 is 0. The first-order chi connectivity index (χ1) is 19.3. The third kappa shape index (κ3) is 7.00. The predicted molar refractivity (Wildman–Crippen MR) is 149 cm³/mol. The number of aromatic carboxylic acids is 1. The van der Waals surface area contributed by atoms with Gasteiger partial charge in [-0.25, -0.2) is 4.79 Å². The topological polar surface area (TPSA) is 108 Å². The van der Waals surface area contributed by atoms with Crippen molar-refractivity contribution in [3.05, 3.63) is 88.0 Å². The van der Waals surface area contributed by atoms with Gasteiger partial charge in [0.2, 0.25) is 0 Å². The molecule has 8 heteroatoms. The van der Waals surface area contributed by atoms with E-state index in [1.54, 1.807) is 61.5 Å². The van der Waals surface area contributed by atoms with E-state index in [0.717, 1.165) is 31.2 Å². The Labute approximate surface area is 233 Å². The summed E-state index contributed by atoms with van der Waals surface area (Å²) in [6.07, 6.45) is 4.99. The van der Waals surface area contributed by atoms with Gasteiger partial charge in [0.25, 0.3) is 0 Å². The molecule has 0 bridgehead atoms. The molecule has 1 aliphatic rings. The molecule has 0 saturated heterocycles.